The Morgan fingerprint density at radius 3 is 2.84 bits per heavy atom. The van der Waals surface area contributed by atoms with Gasteiger partial charge in [-0.2, -0.15) is 0 Å². The van der Waals surface area contributed by atoms with E-state index in [2.05, 4.69) is 18.7 Å². The number of rotatable bonds is 1. The van der Waals surface area contributed by atoms with E-state index in [0.29, 0.717) is 18.2 Å². The highest BCUT2D eigenvalue weighted by Crippen LogP contribution is 2.44. The predicted octanol–water partition coefficient (Wildman–Crippen LogP) is 3.29. The maximum absolute atomic E-state index is 12.2. The molecule has 1 saturated heterocycles. The number of anilines is 1. The van der Waals surface area contributed by atoms with Crippen molar-refractivity contribution in [3.63, 3.8) is 0 Å². The topological polar surface area (TPSA) is 33.2 Å². The van der Waals surface area contributed by atoms with Gasteiger partial charge in [-0.25, -0.2) is 4.98 Å². The molecule has 2 bridgehead atoms. The minimum Gasteiger partial charge on any atom is -0.345 e. The summed E-state index contributed by atoms with van der Waals surface area (Å²) in [7, 11) is 0. The van der Waals surface area contributed by atoms with Gasteiger partial charge in [-0.05, 0) is 37.0 Å². The molecule has 0 spiro atoms. The van der Waals surface area contributed by atoms with Gasteiger partial charge in [-0.15, -0.1) is 0 Å². The third-order valence-electron chi connectivity index (χ3n) is 4.88. The van der Waals surface area contributed by atoms with Gasteiger partial charge >= 0.3 is 0 Å². The van der Waals surface area contributed by atoms with Crippen LogP contribution in [0.1, 0.15) is 54.9 Å². The van der Waals surface area contributed by atoms with Crippen LogP contribution in [0, 0.1) is 11.3 Å². The number of nitrogens with zero attached hydrogens (tertiary/aromatic N) is 2. The zero-order valence-electron chi connectivity index (χ0n) is 11.6. The fraction of sp³-hybridized carbons (Fsp3) is 0.733. The first-order chi connectivity index (χ1) is 9.02. The summed E-state index contributed by atoms with van der Waals surface area (Å²) in [6, 6.07) is 0.695. The van der Waals surface area contributed by atoms with Crippen molar-refractivity contribution in [2.45, 2.75) is 52.0 Å². The molecule has 3 aliphatic rings. The van der Waals surface area contributed by atoms with Gasteiger partial charge in [0.05, 0.1) is 10.6 Å². The lowest BCUT2D eigenvalue weighted by molar-refractivity contribution is 0.0916. The molecule has 2 fully saturated rings. The lowest BCUT2D eigenvalue weighted by atomic mass is 9.78. The average molecular weight is 276 g/mol. The Morgan fingerprint density at radius 2 is 2.16 bits per heavy atom. The number of carbonyl (C=O) groups is 1. The zero-order valence-corrected chi connectivity index (χ0v) is 12.4. The second-order valence-electron chi connectivity index (χ2n) is 7.20. The normalized spacial score (nSPS) is 31.9. The van der Waals surface area contributed by atoms with E-state index in [1.54, 1.807) is 11.3 Å². The van der Waals surface area contributed by atoms with E-state index in [9.17, 15) is 4.79 Å². The Kier molecular flexibility index (Phi) is 2.39. The molecule has 1 saturated carbocycles. The second kappa shape index (κ2) is 3.81. The SMILES string of the molecule is CC1(C)CC(=O)c2sc(N3CC4CCC3C4)nc2C1. The molecule has 0 N–H and O–H groups in total. The molecular formula is C15H20N2OS. The minimum absolute atomic E-state index is 0.0828. The summed E-state index contributed by atoms with van der Waals surface area (Å²) in [5, 5.41) is 1.11. The quantitative estimate of drug-likeness (QED) is 0.789. The fourth-order valence-corrected chi connectivity index (χ4v) is 5.09. The Labute approximate surface area is 118 Å². The van der Waals surface area contributed by atoms with Crippen LogP contribution in [-0.2, 0) is 6.42 Å². The molecule has 0 radical (unpaired) electrons. The summed E-state index contributed by atoms with van der Waals surface area (Å²) in [4.78, 5) is 20.5. The van der Waals surface area contributed by atoms with Gasteiger partial charge in [-0.1, -0.05) is 25.2 Å². The maximum Gasteiger partial charge on any atom is 0.186 e. The van der Waals surface area contributed by atoms with E-state index >= 15 is 0 Å². The molecular weight excluding hydrogens is 256 g/mol. The molecule has 4 heteroatoms. The summed E-state index contributed by atoms with van der Waals surface area (Å²) >= 11 is 1.65. The molecule has 1 aromatic rings. The van der Waals surface area contributed by atoms with Gasteiger partial charge in [0.1, 0.15) is 0 Å². The number of ketones is 1. The average Bonchev–Trinajstić information content (AvgIpc) is 2.98. The molecule has 2 heterocycles. The second-order valence-corrected chi connectivity index (χ2v) is 8.18. The first kappa shape index (κ1) is 11.9. The number of Topliss-reactive ketones (excluding diaryl/α,β-unsaturated/α-hetero) is 1. The number of fused-ring (bicyclic) bond motifs is 3. The van der Waals surface area contributed by atoms with E-state index < -0.39 is 0 Å². The minimum atomic E-state index is 0.0828. The number of aromatic nitrogens is 1. The van der Waals surface area contributed by atoms with Crippen molar-refractivity contribution >= 4 is 22.3 Å². The highest BCUT2D eigenvalue weighted by molar-refractivity contribution is 7.17. The van der Waals surface area contributed by atoms with Crippen molar-refractivity contribution in [2.75, 3.05) is 11.4 Å². The number of carbonyl (C=O) groups excluding carboxylic acids is 1. The highest BCUT2D eigenvalue weighted by Gasteiger charge is 2.41. The van der Waals surface area contributed by atoms with Crippen LogP contribution in [0.5, 0.6) is 0 Å². The maximum atomic E-state index is 12.2. The van der Waals surface area contributed by atoms with Gasteiger partial charge in [0.2, 0.25) is 0 Å². The number of piperidine rings is 1. The van der Waals surface area contributed by atoms with Crippen LogP contribution in [0.25, 0.3) is 0 Å². The van der Waals surface area contributed by atoms with Crippen LogP contribution in [-0.4, -0.2) is 23.4 Å². The van der Waals surface area contributed by atoms with Gasteiger partial charge in [0.15, 0.2) is 10.9 Å². The lowest BCUT2D eigenvalue weighted by Gasteiger charge is -2.27. The summed E-state index contributed by atoms with van der Waals surface area (Å²) in [6.07, 6.45) is 5.66. The third kappa shape index (κ3) is 1.83. The van der Waals surface area contributed by atoms with Crippen LogP contribution < -0.4 is 4.90 Å². The van der Waals surface area contributed by atoms with Gasteiger partial charge < -0.3 is 4.90 Å². The van der Waals surface area contributed by atoms with Crippen LogP contribution in [0.3, 0.4) is 0 Å². The molecule has 2 unspecified atom stereocenters. The molecule has 0 amide bonds. The molecule has 102 valence electrons. The first-order valence-corrected chi connectivity index (χ1v) is 8.13. The van der Waals surface area contributed by atoms with Crippen molar-refractivity contribution in [2.24, 2.45) is 11.3 Å². The Morgan fingerprint density at radius 1 is 1.32 bits per heavy atom. The zero-order chi connectivity index (χ0) is 13.2. The number of hydrogen-bond donors (Lipinski definition) is 0. The van der Waals surface area contributed by atoms with Crippen LogP contribution in [0.2, 0.25) is 0 Å². The molecule has 2 atom stereocenters. The monoisotopic (exact) mass is 276 g/mol. The van der Waals surface area contributed by atoms with Crippen molar-refractivity contribution < 1.29 is 4.79 Å². The van der Waals surface area contributed by atoms with E-state index in [-0.39, 0.29) is 5.41 Å². The van der Waals surface area contributed by atoms with Gasteiger partial charge in [0.25, 0.3) is 0 Å². The summed E-state index contributed by atoms with van der Waals surface area (Å²) < 4.78 is 0. The largest absolute Gasteiger partial charge is 0.345 e. The van der Waals surface area contributed by atoms with Crippen LogP contribution in [0.15, 0.2) is 0 Å². The molecule has 3 nitrogen and oxygen atoms in total. The molecule has 1 aromatic heterocycles. The smallest absolute Gasteiger partial charge is 0.186 e. The summed E-state index contributed by atoms with van der Waals surface area (Å²) in [5.74, 6) is 1.18. The summed E-state index contributed by atoms with van der Waals surface area (Å²) in [6.45, 7) is 5.50. The Bertz CT molecular complexity index is 548. The van der Waals surface area contributed by atoms with E-state index in [0.717, 1.165) is 34.6 Å². The van der Waals surface area contributed by atoms with E-state index in [1.165, 1.54) is 19.3 Å². The van der Waals surface area contributed by atoms with Crippen LogP contribution in [0.4, 0.5) is 5.13 Å². The van der Waals surface area contributed by atoms with Crippen molar-refractivity contribution in [3.8, 4) is 0 Å². The molecule has 4 rings (SSSR count). The summed E-state index contributed by atoms with van der Waals surface area (Å²) in [5.41, 5.74) is 1.14. The van der Waals surface area contributed by atoms with E-state index in [1.807, 2.05) is 0 Å². The van der Waals surface area contributed by atoms with Gasteiger partial charge in [0, 0.05) is 19.0 Å². The van der Waals surface area contributed by atoms with Crippen LogP contribution >= 0.6 is 11.3 Å². The predicted molar refractivity (Wildman–Crippen MR) is 77.0 cm³/mol. The van der Waals surface area contributed by atoms with E-state index in [4.69, 9.17) is 4.98 Å². The van der Waals surface area contributed by atoms with Crippen molar-refractivity contribution in [1.29, 1.82) is 0 Å². The molecule has 1 aliphatic heterocycles. The lowest BCUT2D eigenvalue weighted by Crippen LogP contribution is -2.31. The third-order valence-corrected chi connectivity index (χ3v) is 6.06. The molecule has 19 heavy (non-hydrogen) atoms. The van der Waals surface area contributed by atoms with Crippen molar-refractivity contribution in [1.82, 2.24) is 4.98 Å². The van der Waals surface area contributed by atoms with Crippen molar-refractivity contribution in [3.05, 3.63) is 10.6 Å². The first-order valence-electron chi connectivity index (χ1n) is 7.31. The number of thiazole rings is 1. The Balaban J connectivity index is 1.68. The van der Waals surface area contributed by atoms with Gasteiger partial charge in [-0.3, -0.25) is 4.79 Å². The molecule has 2 aliphatic carbocycles. The Hall–Kier alpha value is -0.900. The standard InChI is InChI=1S/C15H20N2OS/c1-15(2)6-11-13(12(18)7-15)19-14(16-11)17-8-9-3-4-10(17)5-9/h9-10H,3-8H2,1-2H3. The molecule has 0 aromatic carbocycles. The highest BCUT2D eigenvalue weighted by atomic mass is 32.1. The number of hydrogen-bond acceptors (Lipinski definition) is 4. The fourth-order valence-electron chi connectivity index (χ4n) is 3.99.